The average Bonchev–Trinajstić information content (AvgIpc) is 2.42. The molecular formula is C80H149NO8. The molecule has 0 radical (unpaired) electrons. The van der Waals surface area contributed by atoms with Crippen molar-refractivity contribution in [1.29, 1.82) is 0 Å². The predicted molar refractivity (Wildman–Crippen MR) is 382 cm³/mol. The van der Waals surface area contributed by atoms with Gasteiger partial charge in [0.25, 0.3) is 0 Å². The molecule has 0 spiro atoms. The molecule has 1 aliphatic rings. The van der Waals surface area contributed by atoms with Gasteiger partial charge in [0.1, 0.15) is 24.4 Å². The van der Waals surface area contributed by atoms with Crippen LogP contribution in [-0.2, 0) is 14.3 Å². The van der Waals surface area contributed by atoms with Crippen LogP contribution >= 0.6 is 0 Å². The Morgan fingerprint density at radius 1 is 0.382 bits per heavy atom. The first-order chi connectivity index (χ1) is 43.8. The lowest BCUT2D eigenvalue weighted by atomic mass is 9.99. The molecule has 522 valence electrons. The van der Waals surface area contributed by atoms with Crippen molar-refractivity contribution in [2.75, 3.05) is 13.2 Å². The van der Waals surface area contributed by atoms with Crippen LogP contribution in [0.1, 0.15) is 386 Å². The standard InChI is InChI=1S/C80H149NO8/c1-3-5-7-9-11-13-15-17-19-21-23-25-27-29-31-32-33-34-35-36-37-38-39-40-41-42-44-46-48-50-52-54-56-58-60-62-64-66-68-70-76(84)81-73(72-88-80-79(87)78(86)77(85)75(71-82)89-80)74(83)69-67-65-63-61-59-57-55-53-51-49-47-45-43-30-28-26-24-22-20-18-16-14-12-10-8-6-4-2/h15,17,21,23,27,29,59,61,67,69,73-75,77-80,82-83,85-87H,3-14,16,18-20,22,24-26,28,30-58,60,62-66,68,70-72H2,1-2H3,(H,81,84)/b17-15-,23-21-,29-27-,61-59+,69-67+. The molecule has 0 aliphatic carbocycles. The van der Waals surface area contributed by atoms with Gasteiger partial charge in [0.15, 0.2) is 6.29 Å². The van der Waals surface area contributed by atoms with E-state index in [9.17, 15) is 30.3 Å². The molecule has 1 amide bonds. The fourth-order valence-electron chi connectivity index (χ4n) is 12.5. The Kier molecular flexibility index (Phi) is 65.6. The Labute approximate surface area is 551 Å². The summed E-state index contributed by atoms with van der Waals surface area (Å²) < 4.78 is 11.3. The monoisotopic (exact) mass is 1250 g/mol. The van der Waals surface area contributed by atoms with Crippen molar-refractivity contribution in [3.05, 3.63) is 60.8 Å². The summed E-state index contributed by atoms with van der Waals surface area (Å²) >= 11 is 0. The number of aliphatic hydroxyl groups excluding tert-OH is 5. The second kappa shape index (κ2) is 68.7. The summed E-state index contributed by atoms with van der Waals surface area (Å²) in [5.41, 5.74) is 0. The maximum absolute atomic E-state index is 13.2. The van der Waals surface area contributed by atoms with E-state index in [-0.39, 0.29) is 12.5 Å². The van der Waals surface area contributed by atoms with E-state index in [0.29, 0.717) is 6.42 Å². The van der Waals surface area contributed by atoms with Crippen molar-refractivity contribution in [1.82, 2.24) is 5.32 Å². The van der Waals surface area contributed by atoms with Crippen LogP contribution in [0.5, 0.6) is 0 Å². The molecule has 0 bridgehead atoms. The molecule has 9 nitrogen and oxygen atoms in total. The SMILES string of the molecule is CCCCCCC/C=C\C/C=C\C/C=C\CCCCCCCCCCCCCCCCCCCCCCCCCCC(=O)NC(COC1OC(CO)C(O)C(O)C1O)C(O)/C=C/CC/C=C/CCCCCCCCCCCCCCCCCCCCCCC. The van der Waals surface area contributed by atoms with Gasteiger partial charge < -0.3 is 40.3 Å². The van der Waals surface area contributed by atoms with E-state index in [1.807, 2.05) is 6.08 Å². The van der Waals surface area contributed by atoms with E-state index in [1.54, 1.807) is 6.08 Å². The maximum atomic E-state index is 13.2. The normalized spacial score (nSPS) is 18.1. The lowest BCUT2D eigenvalue weighted by Crippen LogP contribution is -2.60. The van der Waals surface area contributed by atoms with Crippen LogP contribution in [0.25, 0.3) is 0 Å². The lowest BCUT2D eigenvalue weighted by Gasteiger charge is -2.40. The van der Waals surface area contributed by atoms with E-state index in [4.69, 9.17) is 9.47 Å². The van der Waals surface area contributed by atoms with Crippen LogP contribution in [0.15, 0.2) is 60.8 Å². The number of nitrogens with one attached hydrogen (secondary N) is 1. The number of hydrogen-bond acceptors (Lipinski definition) is 8. The number of carbonyl (C=O) groups is 1. The molecule has 0 aromatic heterocycles. The lowest BCUT2D eigenvalue weighted by molar-refractivity contribution is -0.302. The summed E-state index contributed by atoms with van der Waals surface area (Å²) in [4.78, 5) is 13.2. The molecule has 89 heavy (non-hydrogen) atoms. The van der Waals surface area contributed by atoms with Crippen molar-refractivity contribution in [2.45, 2.75) is 429 Å². The van der Waals surface area contributed by atoms with Gasteiger partial charge in [0, 0.05) is 6.42 Å². The summed E-state index contributed by atoms with van der Waals surface area (Å²) in [5.74, 6) is -0.179. The number of aliphatic hydroxyl groups is 5. The van der Waals surface area contributed by atoms with Gasteiger partial charge in [0.05, 0.1) is 25.4 Å². The van der Waals surface area contributed by atoms with E-state index < -0.39 is 49.5 Å². The van der Waals surface area contributed by atoms with E-state index in [2.05, 4.69) is 67.8 Å². The molecule has 1 fully saturated rings. The van der Waals surface area contributed by atoms with Crippen molar-refractivity contribution >= 4 is 5.91 Å². The summed E-state index contributed by atoms with van der Waals surface area (Å²) in [7, 11) is 0. The maximum Gasteiger partial charge on any atom is 0.220 e. The van der Waals surface area contributed by atoms with Gasteiger partial charge in [-0.2, -0.15) is 0 Å². The third-order valence-electron chi connectivity index (χ3n) is 18.6. The molecule has 6 N–H and O–H groups in total. The van der Waals surface area contributed by atoms with E-state index in [0.717, 1.165) is 51.4 Å². The number of hydrogen-bond donors (Lipinski definition) is 6. The molecule has 1 aliphatic heterocycles. The molecular weight excluding hydrogens is 1100 g/mol. The van der Waals surface area contributed by atoms with Crippen LogP contribution < -0.4 is 5.32 Å². The zero-order valence-corrected chi connectivity index (χ0v) is 58.7. The van der Waals surface area contributed by atoms with Crippen LogP contribution in [0.2, 0.25) is 0 Å². The fourth-order valence-corrected chi connectivity index (χ4v) is 12.5. The highest BCUT2D eigenvalue weighted by Crippen LogP contribution is 2.24. The van der Waals surface area contributed by atoms with Gasteiger partial charge >= 0.3 is 0 Å². The van der Waals surface area contributed by atoms with Gasteiger partial charge in [-0.1, -0.05) is 370 Å². The first-order valence-corrected chi connectivity index (χ1v) is 39.0. The first kappa shape index (κ1) is 84.9. The molecule has 0 aromatic carbocycles. The third-order valence-corrected chi connectivity index (χ3v) is 18.6. The molecule has 9 heteroatoms. The van der Waals surface area contributed by atoms with Crippen molar-refractivity contribution in [3.63, 3.8) is 0 Å². The van der Waals surface area contributed by atoms with Crippen LogP contribution in [-0.4, -0.2) is 87.5 Å². The van der Waals surface area contributed by atoms with Gasteiger partial charge in [0.2, 0.25) is 5.91 Å². The quantitative estimate of drug-likeness (QED) is 0.0261. The minimum absolute atomic E-state index is 0.179. The average molecular weight is 1250 g/mol. The van der Waals surface area contributed by atoms with Crippen LogP contribution in [0.4, 0.5) is 0 Å². The molecule has 0 saturated carbocycles. The Bertz CT molecular complexity index is 1600. The van der Waals surface area contributed by atoms with Gasteiger partial charge in [-0.25, -0.2) is 0 Å². The number of carbonyl (C=O) groups excluding carboxylic acids is 1. The summed E-state index contributed by atoms with van der Waals surface area (Å²) in [5, 5.41) is 54.8. The molecule has 1 heterocycles. The zero-order chi connectivity index (χ0) is 64.2. The highest BCUT2D eigenvalue weighted by atomic mass is 16.7. The van der Waals surface area contributed by atoms with Crippen molar-refractivity contribution < 1.29 is 39.8 Å². The van der Waals surface area contributed by atoms with Crippen molar-refractivity contribution in [2.24, 2.45) is 0 Å². The van der Waals surface area contributed by atoms with Gasteiger partial charge in [-0.3, -0.25) is 4.79 Å². The van der Waals surface area contributed by atoms with E-state index >= 15 is 0 Å². The molecule has 7 atom stereocenters. The molecule has 1 saturated heterocycles. The minimum Gasteiger partial charge on any atom is -0.394 e. The summed E-state index contributed by atoms with van der Waals surface area (Å²) in [6.07, 6.45) is 89.4. The number of allylic oxidation sites excluding steroid dienone is 9. The second-order valence-electron chi connectivity index (χ2n) is 27.1. The second-order valence-corrected chi connectivity index (χ2v) is 27.1. The Morgan fingerprint density at radius 3 is 1.02 bits per heavy atom. The third kappa shape index (κ3) is 57.1. The summed E-state index contributed by atoms with van der Waals surface area (Å²) in [6, 6.07) is -0.824. The number of unbranched alkanes of at least 4 members (excludes halogenated alkanes) is 51. The van der Waals surface area contributed by atoms with Gasteiger partial charge in [-0.05, 0) is 70.6 Å². The smallest absolute Gasteiger partial charge is 0.220 e. The van der Waals surface area contributed by atoms with Crippen molar-refractivity contribution in [3.8, 4) is 0 Å². The zero-order valence-electron chi connectivity index (χ0n) is 58.7. The molecule has 0 aromatic rings. The van der Waals surface area contributed by atoms with Crippen LogP contribution in [0.3, 0.4) is 0 Å². The number of ether oxygens (including phenoxy) is 2. The number of amides is 1. The molecule has 1 rings (SSSR count). The first-order valence-electron chi connectivity index (χ1n) is 39.0. The highest BCUT2D eigenvalue weighted by Gasteiger charge is 2.44. The Balaban J connectivity index is 2.07. The predicted octanol–water partition coefficient (Wildman–Crippen LogP) is 22.1. The van der Waals surface area contributed by atoms with Gasteiger partial charge in [-0.15, -0.1) is 0 Å². The molecule has 7 unspecified atom stereocenters. The number of rotatable bonds is 69. The Morgan fingerprint density at radius 2 is 0.674 bits per heavy atom. The van der Waals surface area contributed by atoms with Crippen LogP contribution in [0, 0.1) is 0 Å². The minimum atomic E-state index is -1.57. The summed E-state index contributed by atoms with van der Waals surface area (Å²) in [6.45, 7) is 3.80. The fraction of sp³-hybridized carbons (Fsp3) is 0.863. The highest BCUT2D eigenvalue weighted by molar-refractivity contribution is 5.76. The Hall–Kier alpha value is -2.11. The topological polar surface area (TPSA) is 149 Å². The van der Waals surface area contributed by atoms with E-state index in [1.165, 1.54) is 315 Å². The largest absolute Gasteiger partial charge is 0.394 e.